The predicted octanol–water partition coefficient (Wildman–Crippen LogP) is -0.289. The van der Waals surface area contributed by atoms with E-state index in [1.807, 2.05) is 0 Å². The number of carbonyl (C=O) groups is 2. The van der Waals surface area contributed by atoms with E-state index in [1.165, 1.54) is 0 Å². The fourth-order valence-electron chi connectivity index (χ4n) is 0.926. The summed E-state index contributed by atoms with van der Waals surface area (Å²) >= 11 is 0. The third-order valence-corrected chi connectivity index (χ3v) is 1.49. The minimum atomic E-state index is -0.376. The number of nitrogens with one attached hydrogen (secondary N) is 1. The quantitative estimate of drug-likeness (QED) is 0.388. The van der Waals surface area contributed by atoms with E-state index in [9.17, 15) is 9.59 Å². The molecule has 0 saturated carbocycles. The molecule has 0 aromatic heterocycles. The highest BCUT2D eigenvalue weighted by Gasteiger charge is 2.20. The Morgan fingerprint density at radius 1 is 1.67 bits per heavy atom. The van der Waals surface area contributed by atoms with Crippen molar-refractivity contribution < 1.29 is 9.59 Å². The summed E-state index contributed by atoms with van der Waals surface area (Å²) in [4.78, 5) is 20.8. The van der Waals surface area contributed by atoms with Gasteiger partial charge in [-0.15, -0.1) is 0 Å². The summed E-state index contributed by atoms with van der Waals surface area (Å²) in [6, 6.07) is 0. The molecule has 0 aromatic rings. The first-order valence-electron chi connectivity index (χ1n) is 3.07. The number of rotatable bonds is 1. The molecule has 1 saturated heterocycles. The average molecular weight is 127 g/mol. The molecule has 3 nitrogen and oxygen atoms in total. The Labute approximate surface area is 53.4 Å². The van der Waals surface area contributed by atoms with E-state index in [0.29, 0.717) is 6.29 Å². The van der Waals surface area contributed by atoms with Gasteiger partial charge in [0.05, 0.1) is 5.92 Å². The third kappa shape index (κ3) is 1.28. The number of hydrogen-bond acceptors (Lipinski definition) is 2. The molecule has 1 aliphatic rings. The Balaban J connectivity index is 2.48. The van der Waals surface area contributed by atoms with Gasteiger partial charge in [0.15, 0.2) is 0 Å². The maximum atomic E-state index is 10.7. The second-order valence-electron chi connectivity index (χ2n) is 2.18. The van der Waals surface area contributed by atoms with Gasteiger partial charge in [-0.25, -0.2) is 0 Å². The van der Waals surface area contributed by atoms with Crippen LogP contribution in [-0.4, -0.2) is 18.7 Å². The van der Waals surface area contributed by atoms with E-state index < -0.39 is 0 Å². The lowest BCUT2D eigenvalue weighted by Gasteiger charge is -2.15. The van der Waals surface area contributed by atoms with E-state index >= 15 is 0 Å². The third-order valence-electron chi connectivity index (χ3n) is 1.49. The monoisotopic (exact) mass is 127 g/mol. The van der Waals surface area contributed by atoms with Gasteiger partial charge < -0.3 is 10.1 Å². The molecule has 0 bridgehead atoms. The first-order chi connectivity index (χ1) is 4.34. The van der Waals surface area contributed by atoms with E-state index in [2.05, 4.69) is 5.32 Å². The number of aldehydes is 1. The largest absolute Gasteiger partial charge is 0.355 e. The van der Waals surface area contributed by atoms with E-state index in [0.717, 1.165) is 19.4 Å². The summed E-state index contributed by atoms with van der Waals surface area (Å²) in [6.07, 6.45) is 2.36. The highest BCUT2D eigenvalue weighted by atomic mass is 16.2. The van der Waals surface area contributed by atoms with Crippen molar-refractivity contribution in [1.82, 2.24) is 5.32 Å². The molecule has 1 atom stereocenters. The Hall–Kier alpha value is -0.860. The molecule has 0 radical (unpaired) electrons. The van der Waals surface area contributed by atoms with E-state index in [-0.39, 0.29) is 11.8 Å². The van der Waals surface area contributed by atoms with Crippen molar-refractivity contribution in [3.63, 3.8) is 0 Å². The Kier molecular flexibility index (Phi) is 1.82. The van der Waals surface area contributed by atoms with Gasteiger partial charge in [0.1, 0.15) is 6.29 Å². The highest BCUT2D eigenvalue weighted by Crippen LogP contribution is 2.07. The molecule has 50 valence electrons. The minimum Gasteiger partial charge on any atom is -0.355 e. The van der Waals surface area contributed by atoms with Crippen LogP contribution in [0.1, 0.15) is 12.8 Å². The zero-order chi connectivity index (χ0) is 6.69. The van der Waals surface area contributed by atoms with E-state index in [1.54, 1.807) is 0 Å². The van der Waals surface area contributed by atoms with Crippen LogP contribution in [0.5, 0.6) is 0 Å². The second kappa shape index (κ2) is 2.62. The SMILES string of the molecule is O=CC1CCCNC1=O. The number of carbonyl (C=O) groups excluding carboxylic acids is 2. The van der Waals surface area contributed by atoms with Crippen LogP contribution in [0.2, 0.25) is 0 Å². The summed E-state index contributed by atoms with van der Waals surface area (Å²) < 4.78 is 0. The first kappa shape index (κ1) is 6.26. The van der Waals surface area contributed by atoms with Crippen molar-refractivity contribution >= 4 is 12.2 Å². The standard InChI is InChI=1S/C6H9NO2/c8-4-5-2-1-3-7-6(5)9/h4-5H,1-3H2,(H,7,9). The minimum absolute atomic E-state index is 0.115. The van der Waals surface area contributed by atoms with Crippen molar-refractivity contribution in [3.8, 4) is 0 Å². The van der Waals surface area contributed by atoms with Crippen LogP contribution >= 0.6 is 0 Å². The lowest BCUT2D eigenvalue weighted by atomic mass is 10.0. The van der Waals surface area contributed by atoms with Crippen LogP contribution in [0.4, 0.5) is 0 Å². The highest BCUT2D eigenvalue weighted by molar-refractivity contribution is 5.92. The summed E-state index contributed by atoms with van der Waals surface area (Å²) in [5, 5.41) is 2.61. The molecule has 9 heavy (non-hydrogen) atoms. The van der Waals surface area contributed by atoms with Crippen molar-refractivity contribution in [3.05, 3.63) is 0 Å². The second-order valence-corrected chi connectivity index (χ2v) is 2.18. The lowest BCUT2D eigenvalue weighted by Crippen LogP contribution is -2.37. The van der Waals surface area contributed by atoms with Crippen LogP contribution < -0.4 is 5.32 Å². The van der Waals surface area contributed by atoms with Gasteiger partial charge in [-0.2, -0.15) is 0 Å². The molecular weight excluding hydrogens is 118 g/mol. The zero-order valence-corrected chi connectivity index (χ0v) is 5.09. The van der Waals surface area contributed by atoms with E-state index in [4.69, 9.17) is 0 Å². The van der Waals surface area contributed by atoms with Gasteiger partial charge in [-0.1, -0.05) is 0 Å². The fourth-order valence-corrected chi connectivity index (χ4v) is 0.926. The predicted molar refractivity (Wildman–Crippen MR) is 31.8 cm³/mol. The van der Waals surface area contributed by atoms with Crippen LogP contribution in [-0.2, 0) is 9.59 Å². The van der Waals surface area contributed by atoms with Crippen molar-refractivity contribution in [1.29, 1.82) is 0 Å². The first-order valence-corrected chi connectivity index (χ1v) is 3.07. The molecule has 3 heteroatoms. The molecule has 1 fully saturated rings. The molecule has 1 N–H and O–H groups in total. The molecule has 1 heterocycles. The summed E-state index contributed by atoms with van der Waals surface area (Å²) in [5.74, 6) is -0.491. The molecule has 1 rings (SSSR count). The summed E-state index contributed by atoms with van der Waals surface area (Å²) in [7, 11) is 0. The maximum absolute atomic E-state index is 10.7. The smallest absolute Gasteiger partial charge is 0.230 e. The van der Waals surface area contributed by atoms with Gasteiger partial charge in [-0.3, -0.25) is 4.79 Å². The summed E-state index contributed by atoms with van der Waals surface area (Å²) in [5.41, 5.74) is 0. The molecule has 0 spiro atoms. The number of piperidine rings is 1. The van der Waals surface area contributed by atoms with Crippen LogP contribution in [0.25, 0.3) is 0 Å². The molecule has 0 aromatic carbocycles. The van der Waals surface area contributed by atoms with Gasteiger partial charge in [0.25, 0.3) is 0 Å². The van der Waals surface area contributed by atoms with Gasteiger partial charge in [-0.05, 0) is 12.8 Å². The van der Waals surface area contributed by atoms with Gasteiger partial charge in [0.2, 0.25) is 5.91 Å². The number of amides is 1. The molecule has 1 unspecified atom stereocenters. The Morgan fingerprint density at radius 3 is 2.89 bits per heavy atom. The fraction of sp³-hybridized carbons (Fsp3) is 0.667. The number of hydrogen-bond donors (Lipinski definition) is 1. The lowest BCUT2D eigenvalue weighted by molar-refractivity contribution is -0.130. The molecular formula is C6H9NO2. The van der Waals surface area contributed by atoms with Gasteiger partial charge in [0, 0.05) is 6.54 Å². The van der Waals surface area contributed by atoms with Crippen molar-refractivity contribution in [2.45, 2.75) is 12.8 Å². The zero-order valence-electron chi connectivity index (χ0n) is 5.09. The maximum Gasteiger partial charge on any atom is 0.230 e. The molecule has 1 amide bonds. The Bertz CT molecular complexity index is 133. The van der Waals surface area contributed by atoms with Crippen molar-refractivity contribution in [2.75, 3.05) is 6.54 Å². The topological polar surface area (TPSA) is 46.2 Å². The Morgan fingerprint density at radius 2 is 2.44 bits per heavy atom. The summed E-state index contributed by atoms with van der Waals surface area (Å²) in [6.45, 7) is 0.725. The normalized spacial score (nSPS) is 27.1. The average Bonchev–Trinajstić information content (AvgIpc) is 1.89. The van der Waals surface area contributed by atoms with Crippen LogP contribution in [0.15, 0.2) is 0 Å². The van der Waals surface area contributed by atoms with Crippen molar-refractivity contribution in [2.24, 2.45) is 5.92 Å². The molecule has 0 aliphatic carbocycles. The van der Waals surface area contributed by atoms with Gasteiger partial charge >= 0.3 is 0 Å². The van der Waals surface area contributed by atoms with Crippen LogP contribution in [0, 0.1) is 5.92 Å². The molecule has 1 aliphatic heterocycles. The van der Waals surface area contributed by atoms with Crippen LogP contribution in [0.3, 0.4) is 0 Å².